The summed E-state index contributed by atoms with van der Waals surface area (Å²) in [7, 11) is 0. The molecule has 6 heteroatoms. The van der Waals surface area contributed by atoms with E-state index in [0.717, 1.165) is 69.6 Å². The molecule has 0 spiro atoms. The molecule has 1 fully saturated rings. The number of hydrogen-bond acceptors (Lipinski definition) is 5. The van der Waals surface area contributed by atoms with Gasteiger partial charge in [-0.2, -0.15) is 4.98 Å². The molecule has 0 unspecified atom stereocenters. The quantitative estimate of drug-likeness (QED) is 0.757. The summed E-state index contributed by atoms with van der Waals surface area (Å²) in [6, 6.07) is 8.73. The third-order valence-corrected chi connectivity index (χ3v) is 4.69. The first-order chi connectivity index (χ1) is 12.7. The molecule has 0 N–H and O–H groups in total. The number of aromatic nitrogens is 2. The van der Waals surface area contributed by atoms with Crippen molar-refractivity contribution in [3.8, 4) is 0 Å². The molecule has 0 aliphatic carbocycles. The van der Waals surface area contributed by atoms with Gasteiger partial charge in [0.15, 0.2) is 0 Å². The van der Waals surface area contributed by atoms with Crippen LogP contribution in [0.1, 0.15) is 26.7 Å². The second-order valence-corrected chi connectivity index (χ2v) is 6.65. The van der Waals surface area contributed by atoms with Gasteiger partial charge in [-0.1, -0.05) is 13.8 Å². The molecule has 3 rings (SSSR count). The summed E-state index contributed by atoms with van der Waals surface area (Å²) in [5.74, 6) is 1.63. The van der Waals surface area contributed by atoms with Gasteiger partial charge in [0.25, 0.3) is 0 Å². The zero-order chi connectivity index (χ0) is 18.4. The molecule has 140 valence electrons. The van der Waals surface area contributed by atoms with Crippen LogP contribution in [0.3, 0.4) is 0 Å². The molecule has 2 heterocycles. The van der Waals surface area contributed by atoms with Gasteiger partial charge in [-0.15, -0.1) is 0 Å². The van der Waals surface area contributed by atoms with Gasteiger partial charge in [0, 0.05) is 51.2 Å². The molecule has 0 bridgehead atoms. The molecular weight excluding hydrogens is 329 g/mol. The summed E-state index contributed by atoms with van der Waals surface area (Å²) < 4.78 is 13.1. The number of rotatable bonds is 7. The lowest BCUT2D eigenvalue weighted by atomic mass is 10.2. The second-order valence-electron chi connectivity index (χ2n) is 6.65. The molecule has 5 nitrogen and oxygen atoms in total. The average molecular weight is 357 g/mol. The second kappa shape index (κ2) is 8.83. The van der Waals surface area contributed by atoms with Gasteiger partial charge in [-0.05, 0) is 43.2 Å². The third-order valence-electron chi connectivity index (χ3n) is 4.69. The highest BCUT2D eigenvalue weighted by Crippen LogP contribution is 2.21. The van der Waals surface area contributed by atoms with Crippen LogP contribution in [0.5, 0.6) is 0 Å². The Balaban J connectivity index is 1.65. The maximum Gasteiger partial charge on any atom is 0.227 e. The molecule has 0 amide bonds. The number of halogens is 1. The van der Waals surface area contributed by atoms with Crippen LogP contribution >= 0.6 is 0 Å². The summed E-state index contributed by atoms with van der Waals surface area (Å²) in [5, 5.41) is 0. The van der Waals surface area contributed by atoms with Gasteiger partial charge in [-0.3, -0.25) is 0 Å². The van der Waals surface area contributed by atoms with E-state index in [1.54, 1.807) is 0 Å². The van der Waals surface area contributed by atoms with E-state index in [-0.39, 0.29) is 5.82 Å². The van der Waals surface area contributed by atoms with Crippen molar-refractivity contribution in [2.24, 2.45) is 0 Å². The standard InChI is InChI=1S/C20H28FN5/c1-3-11-26(12-4-2)20-22-10-9-19(23-20)25-15-13-24(14-16-25)18-7-5-17(21)6-8-18/h5-10H,3-4,11-16H2,1-2H3. The van der Waals surface area contributed by atoms with E-state index in [1.807, 2.05) is 24.4 Å². The van der Waals surface area contributed by atoms with Crippen molar-refractivity contribution in [3.05, 3.63) is 42.3 Å². The Labute approximate surface area is 155 Å². The molecule has 2 aromatic rings. The monoisotopic (exact) mass is 357 g/mol. The first kappa shape index (κ1) is 18.4. The van der Waals surface area contributed by atoms with Crippen LogP contribution in [-0.4, -0.2) is 49.2 Å². The Kier molecular flexibility index (Phi) is 6.26. The van der Waals surface area contributed by atoms with Gasteiger partial charge in [0.05, 0.1) is 0 Å². The number of piperazine rings is 1. The molecule has 0 saturated carbocycles. The number of nitrogens with zero attached hydrogens (tertiary/aromatic N) is 5. The summed E-state index contributed by atoms with van der Waals surface area (Å²) in [4.78, 5) is 16.2. The average Bonchev–Trinajstić information content (AvgIpc) is 2.69. The highest BCUT2D eigenvalue weighted by Gasteiger charge is 2.19. The topological polar surface area (TPSA) is 35.5 Å². The first-order valence-corrected chi connectivity index (χ1v) is 9.54. The van der Waals surface area contributed by atoms with E-state index in [1.165, 1.54) is 12.1 Å². The lowest BCUT2D eigenvalue weighted by Gasteiger charge is -2.37. The van der Waals surface area contributed by atoms with Gasteiger partial charge < -0.3 is 14.7 Å². The van der Waals surface area contributed by atoms with Crippen molar-refractivity contribution in [1.82, 2.24) is 9.97 Å². The summed E-state index contributed by atoms with van der Waals surface area (Å²) in [5.41, 5.74) is 1.08. The fraction of sp³-hybridized carbons (Fsp3) is 0.500. The van der Waals surface area contributed by atoms with Crippen molar-refractivity contribution in [3.63, 3.8) is 0 Å². The fourth-order valence-corrected chi connectivity index (χ4v) is 3.36. The van der Waals surface area contributed by atoms with Gasteiger partial charge >= 0.3 is 0 Å². The van der Waals surface area contributed by atoms with Gasteiger partial charge in [-0.25, -0.2) is 9.37 Å². The van der Waals surface area contributed by atoms with E-state index in [9.17, 15) is 4.39 Å². The summed E-state index contributed by atoms with van der Waals surface area (Å²) in [6.07, 6.45) is 4.04. The Bertz CT molecular complexity index is 677. The van der Waals surface area contributed by atoms with Crippen LogP contribution in [0, 0.1) is 5.82 Å². The predicted octanol–water partition coefficient (Wildman–Crippen LogP) is 3.57. The Morgan fingerprint density at radius 3 is 2.15 bits per heavy atom. The van der Waals surface area contributed by atoms with Gasteiger partial charge in [0.1, 0.15) is 11.6 Å². The highest BCUT2D eigenvalue weighted by molar-refractivity contribution is 5.50. The van der Waals surface area contributed by atoms with Gasteiger partial charge in [0.2, 0.25) is 5.95 Å². The van der Waals surface area contributed by atoms with Crippen LogP contribution in [0.15, 0.2) is 36.5 Å². The van der Waals surface area contributed by atoms with Crippen LogP contribution in [-0.2, 0) is 0 Å². The number of hydrogen-bond donors (Lipinski definition) is 0. The minimum Gasteiger partial charge on any atom is -0.368 e. The van der Waals surface area contributed by atoms with Crippen molar-refractivity contribution in [2.75, 3.05) is 54.0 Å². The Morgan fingerprint density at radius 1 is 0.923 bits per heavy atom. The minimum absolute atomic E-state index is 0.190. The lowest BCUT2D eigenvalue weighted by molar-refractivity contribution is 0.624. The largest absolute Gasteiger partial charge is 0.368 e. The molecule has 0 atom stereocenters. The van der Waals surface area contributed by atoms with Crippen LogP contribution in [0.4, 0.5) is 21.8 Å². The molecule has 0 radical (unpaired) electrons. The summed E-state index contributed by atoms with van der Waals surface area (Å²) in [6.45, 7) is 9.93. The Morgan fingerprint density at radius 2 is 1.54 bits per heavy atom. The smallest absolute Gasteiger partial charge is 0.227 e. The number of benzene rings is 1. The molecule has 1 saturated heterocycles. The van der Waals surface area contributed by atoms with Crippen LogP contribution < -0.4 is 14.7 Å². The van der Waals surface area contributed by atoms with Crippen LogP contribution in [0.25, 0.3) is 0 Å². The highest BCUT2D eigenvalue weighted by atomic mass is 19.1. The SMILES string of the molecule is CCCN(CCC)c1nccc(N2CCN(c3ccc(F)cc3)CC2)n1. The first-order valence-electron chi connectivity index (χ1n) is 9.54. The maximum atomic E-state index is 13.1. The summed E-state index contributed by atoms with van der Waals surface area (Å²) >= 11 is 0. The van der Waals surface area contributed by atoms with Crippen molar-refractivity contribution < 1.29 is 4.39 Å². The van der Waals surface area contributed by atoms with E-state index >= 15 is 0 Å². The zero-order valence-corrected chi connectivity index (χ0v) is 15.7. The van der Waals surface area contributed by atoms with Crippen molar-refractivity contribution in [2.45, 2.75) is 26.7 Å². The molecule has 26 heavy (non-hydrogen) atoms. The molecule has 1 aliphatic rings. The Hall–Kier alpha value is -2.37. The zero-order valence-electron chi connectivity index (χ0n) is 15.7. The lowest BCUT2D eigenvalue weighted by Crippen LogP contribution is -2.47. The minimum atomic E-state index is -0.190. The molecule has 1 aliphatic heterocycles. The predicted molar refractivity (Wildman–Crippen MR) is 106 cm³/mol. The van der Waals surface area contributed by atoms with E-state index in [4.69, 9.17) is 4.98 Å². The normalized spacial score (nSPS) is 14.6. The van der Waals surface area contributed by atoms with Crippen molar-refractivity contribution >= 4 is 17.5 Å². The molecule has 1 aromatic carbocycles. The van der Waals surface area contributed by atoms with Crippen LogP contribution in [0.2, 0.25) is 0 Å². The van der Waals surface area contributed by atoms with Crippen molar-refractivity contribution in [1.29, 1.82) is 0 Å². The van der Waals surface area contributed by atoms with E-state index in [2.05, 4.69) is 33.5 Å². The van der Waals surface area contributed by atoms with E-state index < -0.39 is 0 Å². The van der Waals surface area contributed by atoms with E-state index in [0.29, 0.717) is 0 Å². The fourth-order valence-electron chi connectivity index (χ4n) is 3.36. The number of anilines is 3. The third kappa shape index (κ3) is 4.42. The maximum absolute atomic E-state index is 13.1. The molecule has 1 aromatic heterocycles. The molecular formula is C20H28FN5.